The number of rotatable bonds is 8. The third-order valence-electron chi connectivity index (χ3n) is 15.8. The van der Waals surface area contributed by atoms with Crippen LogP contribution in [0.3, 0.4) is 0 Å². The number of Topliss-reactive ketones (excluding diaryl/α,β-unsaturated/α-hetero) is 3. The summed E-state index contributed by atoms with van der Waals surface area (Å²) in [6.45, 7) is 14.1. The second-order valence-corrected chi connectivity index (χ2v) is 21.2. The van der Waals surface area contributed by atoms with Crippen molar-refractivity contribution in [2.45, 2.75) is 117 Å². The van der Waals surface area contributed by atoms with Gasteiger partial charge in [0.05, 0.1) is 83.7 Å². The molecule has 2 fully saturated rings. The zero-order chi connectivity index (χ0) is 57.8. The summed E-state index contributed by atoms with van der Waals surface area (Å²) in [5.74, 6) is -12.6. The molecule has 0 radical (unpaired) electrons. The highest BCUT2D eigenvalue weighted by atomic mass is 19.1. The van der Waals surface area contributed by atoms with Crippen molar-refractivity contribution in [2.75, 3.05) is 38.8 Å². The molecule has 2 aliphatic carbocycles. The van der Waals surface area contributed by atoms with E-state index < -0.39 is 140 Å². The number of pyridine rings is 1. The predicted octanol–water partition coefficient (Wildman–Crippen LogP) is 5.69. The number of carbonyl (C=O) groups is 6. The number of aromatic carboxylic acids is 1. The number of esters is 1. The predicted molar refractivity (Wildman–Crippen MR) is 285 cm³/mol. The van der Waals surface area contributed by atoms with Crippen molar-refractivity contribution in [2.24, 2.45) is 28.8 Å². The summed E-state index contributed by atoms with van der Waals surface area (Å²) < 4.78 is 47.5. The van der Waals surface area contributed by atoms with Crippen LogP contribution in [0, 0.1) is 36.4 Å². The van der Waals surface area contributed by atoms with Gasteiger partial charge in [-0.3, -0.25) is 33.8 Å². The van der Waals surface area contributed by atoms with Gasteiger partial charge in [-0.25, -0.2) is 9.18 Å². The number of hydrazone groups is 1. The summed E-state index contributed by atoms with van der Waals surface area (Å²) in [5.41, 5.74) is -3.67. The number of methoxy groups -OCH3 is 2. The lowest BCUT2D eigenvalue weighted by Gasteiger charge is -2.40. The lowest BCUT2D eigenvalue weighted by Crippen LogP contribution is -2.50. The number of benzene rings is 2. The summed E-state index contributed by atoms with van der Waals surface area (Å²) >= 11 is 0. The van der Waals surface area contributed by atoms with E-state index in [4.69, 9.17) is 23.7 Å². The Kier molecular flexibility index (Phi) is 16.2. The van der Waals surface area contributed by atoms with E-state index in [2.05, 4.69) is 10.4 Å². The molecule has 2 aromatic carbocycles. The number of aromatic nitrogens is 1. The zero-order valence-corrected chi connectivity index (χ0v) is 45.8. The Hall–Kier alpha value is -7.69. The number of carboxylic acids is 1. The van der Waals surface area contributed by atoms with Gasteiger partial charge in [-0.15, -0.1) is 0 Å². The van der Waals surface area contributed by atoms with Crippen LogP contribution in [0.2, 0.25) is 0 Å². The summed E-state index contributed by atoms with van der Waals surface area (Å²) in [5, 5.41) is 53.3. The van der Waals surface area contributed by atoms with E-state index in [1.54, 1.807) is 55.2 Å². The first-order valence-electron chi connectivity index (χ1n) is 26.1. The first-order chi connectivity index (χ1) is 37.3. The van der Waals surface area contributed by atoms with Gasteiger partial charge in [0.2, 0.25) is 11.2 Å². The van der Waals surface area contributed by atoms with E-state index in [0.29, 0.717) is 12.8 Å². The van der Waals surface area contributed by atoms with Crippen LogP contribution in [0.25, 0.3) is 10.9 Å². The van der Waals surface area contributed by atoms with Crippen LogP contribution in [0.15, 0.2) is 69.6 Å². The fourth-order valence-corrected chi connectivity index (χ4v) is 11.0. The summed E-state index contributed by atoms with van der Waals surface area (Å²) in [4.78, 5) is 98.4. The number of nitrogens with zero attached hydrogens (tertiary/aromatic N) is 4. The van der Waals surface area contributed by atoms with Gasteiger partial charge in [-0.2, -0.15) is 5.10 Å². The number of aliphatic hydroxyl groups excluding tert-OH is 2. The molecule has 1 saturated carbocycles. The van der Waals surface area contributed by atoms with Crippen molar-refractivity contribution in [3.8, 4) is 17.2 Å². The van der Waals surface area contributed by atoms with Crippen molar-refractivity contribution in [3.05, 3.63) is 104 Å². The van der Waals surface area contributed by atoms with E-state index in [1.165, 1.54) is 66.3 Å². The smallest absolute Gasteiger partial charge is 0.341 e. The fraction of sp³-hybridized carbons (Fsp3) is 0.474. The van der Waals surface area contributed by atoms with Gasteiger partial charge in [0.15, 0.2) is 17.3 Å². The van der Waals surface area contributed by atoms with Crippen molar-refractivity contribution < 1.29 is 77.3 Å². The molecule has 5 bridgehead atoms. The number of nitrogens with one attached hydrogen (secondary N) is 1. The van der Waals surface area contributed by atoms with Crippen LogP contribution < -0.4 is 25.1 Å². The van der Waals surface area contributed by atoms with Gasteiger partial charge in [-0.05, 0) is 45.8 Å². The van der Waals surface area contributed by atoms with Gasteiger partial charge >= 0.3 is 17.7 Å². The fourth-order valence-electron chi connectivity index (χ4n) is 11.0. The number of hydrogen-bond acceptors (Lipinski definition) is 18. The summed E-state index contributed by atoms with van der Waals surface area (Å²) in [7, 11) is 2.73. The molecular formula is C57H66FN5O16. The standard InChI is InChI=1S/C57H66FN5O16/c1-25-13-12-14-26(2)55(72)60-42-35(22-59-63-19-18-61(23-27(63)3)44-37(58)21-34-43(53(44)76-11)62(33-15-16-33)24-36(48(34)68)56(73)74)49(69)39-40(50(42)70)47(67)31(7)52-41(39)54(71)57(9,79-52)77-20-17-38(75-10)28(4)51(78-32(8)64)30(6)46(66)29(5)45(25)65/h12-14,17,20-22,24-25,27-30,33,38,45-46,51,65-67H,15-16,18-19,23H2,1-11H3,(H,60,72)(H,73,74)/t25-,27?,28+,29+,30+,38-,45-,46+,51+,57-/m0/s1. The number of anilines is 1. The summed E-state index contributed by atoms with van der Waals surface area (Å²) in [6.07, 6.45) is 6.66. The molecule has 4 aliphatic heterocycles. The maximum Gasteiger partial charge on any atom is 0.341 e. The molecule has 21 nitrogen and oxygen atoms in total. The topological polar surface area (TPSA) is 282 Å². The molecule has 9 rings (SSSR count). The Morgan fingerprint density at radius 3 is 2.25 bits per heavy atom. The third kappa shape index (κ3) is 10.4. The van der Waals surface area contributed by atoms with Crippen LogP contribution in [-0.4, -0.2) is 142 Å². The Labute approximate surface area is 454 Å². The van der Waals surface area contributed by atoms with Crippen LogP contribution >= 0.6 is 0 Å². The minimum Gasteiger partial charge on any atom is -0.507 e. The summed E-state index contributed by atoms with van der Waals surface area (Å²) in [6, 6.07) is 0.333. The van der Waals surface area contributed by atoms with Crippen molar-refractivity contribution >= 4 is 58.0 Å². The molecule has 0 spiro atoms. The van der Waals surface area contributed by atoms with Crippen LogP contribution in [0.4, 0.5) is 10.1 Å². The maximum atomic E-state index is 16.4. The first-order valence-corrected chi connectivity index (χ1v) is 26.1. The van der Waals surface area contributed by atoms with E-state index in [1.807, 2.05) is 0 Å². The molecule has 1 saturated heterocycles. The number of carbonyl (C=O) groups excluding carboxylic acids is 5. The van der Waals surface area contributed by atoms with Crippen molar-refractivity contribution in [1.82, 2.24) is 14.9 Å². The van der Waals surface area contributed by atoms with E-state index in [9.17, 15) is 49.2 Å². The van der Waals surface area contributed by atoms with Crippen molar-refractivity contribution in [1.29, 1.82) is 0 Å². The minimum absolute atomic E-state index is 0.0316. The van der Waals surface area contributed by atoms with E-state index >= 15 is 9.18 Å². The Bertz CT molecular complexity index is 3280. The largest absolute Gasteiger partial charge is 0.507 e. The van der Waals surface area contributed by atoms with Crippen LogP contribution in [0.5, 0.6) is 17.2 Å². The van der Waals surface area contributed by atoms with Crippen LogP contribution in [0.1, 0.15) is 121 Å². The molecule has 79 heavy (non-hydrogen) atoms. The maximum absolute atomic E-state index is 16.4. The number of phenols is 1. The van der Waals surface area contributed by atoms with Crippen LogP contribution in [-0.2, 0) is 23.8 Å². The molecule has 3 aromatic rings. The van der Waals surface area contributed by atoms with E-state index in [0.717, 1.165) is 18.5 Å². The molecule has 1 unspecified atom stereocenters. The highest BCUT2D eigenvalue weighted by molar-refractivity contribution is 6.37. The SMILES string of the molecule is COc1c(N2CCN(N=CC3=C4NC(=O)C(C)=CC=C[C@H](C)[C@H](O)[C@@H](C)[C@@H](O)[C@@H](C)[C@H](OC(C)=O)[C@H](C)[C@@H](OC)C=CO[C@@]5(C)Oc6c(C)c(O)c(c(c6C5=O)C3=O)C4=O)C(C)C2)c(F)cc2c(=O)c(C(=O)O)cn(C3CC3)c12. The Morgan fingerprint density at radius 2 is 1.63 bits per heavy atom. The third-order valence-corrected chi connectivity index (χ3v) is 15.8. The second-order valence-electron chi connectivity index (χ2n) is 21.2. The molecule has 10 atom stereocenters. The monoisotopic (exact) mass is 1100 g/mol. The highest BCUT2D eigenvalue weighted by Crippen LogP contribution is 2.49. The van der Waals surface area contributed by atoms with Gasteiger partial charge in [0, 0.05) is 81.1 Å². The Balaban J connectivity index is 1.18. The van der Waals surface area contributed by atoms with E-state index in [-0.39, 0.29) is 70.5 Å². The number of aliphatic hydroxyl groups is 2. The van der Waals surface area contributed by atoms with Gasteiger partial charge in [0.25, 0.3) is 11.7 Å². The molecular weight excluding hydrogens is 1030 g/mol. The van der Waals surface area contributed by atoms with Gasteiger partial charge < -0.3 is 58.9 Å². The molecule has 1 amide bonds. The molecule has 422 valence electrons. The number of phenolic OH excluding ortho intramolecular Hbond substituents is 1. The number of allylic oxidation sites excluding steroid dienone is 4. The molecule has 6 aliphatic rings. The molecule has 1 aromatic heterocycles. The number of hydrogen-bond donors (Lipinski definition) is 5. The number of piperazine rings is 1. The number of halogens is 1. The average Bonchev–Trinajstić information content (AvgIpc) is 4.33. The van der Waals surface area contributed by atoms with Gasteiger partial charge in [-0.1, -0.05) is 45.9 Å². The minimum atomic E-state index is -2.20. The van der Waals surface area contributed by atoms with Gasteiger partial charge in [0.1, 0.15) is 34.6 Å². The number of amides is 1. The lowest BCUT2D eigenvalue weighted by molar-refractivity contribution is -0.160. The Morgan fingerprint density at radius 1 is 0.937 bits per heavy atom. The number of carboxylic acid groups (broad SMARTS) is 1. The number of ether oxygens (including phenoxy) is 5. The number of ketones is 3. The number of fused-ring (bicyclic) bond motifs is 15. The van der Waals surface area contributed by atoms with Crippen molar-refractivity contribution in [3.63, 3.8) is 0 Å². The zero-order valence-electron chi connectivity index (χ0n) is 45.8. The lowest BCUT2D eigenvalue weighted by atomic mass is 9.78. The molecule has 5 N–H and O–H groups in total. The molecule has 5 heterocycles. The average molecular weight is 1100 g/mol. The quantitative estimate of drug-likeness (QED) is 0.134. The number of aromatic hydroxyl groups is 1. The second kappa shape index (κ2) is 22.2. The first kappa shape index (κ1) is 57.5. The highest BCUT2D eigenvalue weighted by Gasteiger charge is 2.53. The molecule has 22 heteroatoms. The normalized spacial score (nSPS) is 28.0.